The van der Waals surface area contributed by atoms with Crippen molar-refractivity contribution < 1.29 is 13.9 Å². The molecule has 0 saturated heterocycles. The van der Waals surface area contributed by atoms with Crippen LogP contribution >= 0.6 is 23.1 Å². The molecule has 0 saturated carbocycles. The molecule has 170 valence electrons. The standard InChI is InChI=1S/C24H19N5O3S2/c1-2-31-16(30)13-33-24-29-27-22(32-24)21-19(25)18-17(14-9-5-3-6-10-14)20(26-28-23(18)34-21)15-11-7-4-8-12-15/h3-12H,2,13,25H2,1H3. The Morgan fingerprint density at radius 2 is 1.71 bits per heavy atom. The smallest absolute Gasteiger partial charge is 0.316 e. The van der Waals surface area contributed by atoms with E-state index in [1.807, 2.05) is 60.7 Å². The highest BCUT2D eigenvalue weighted by atomic mass is 32.2. The van der Waals surface area contributed by atoms with Gasteiger partial charge in [0.15, 0.2) is 0 Å². The third kappa shape index (κ3) is 4.25. The van der Waals surface area contributed by atoms with Crippen LogP contribution in [-0.4, -0.2) is 38.7 Å². The van der Waals surface area contributed by atoms with Crippen molar-refractivity contribution in [3.63, 3.8) is 0 Å². The first-order valence-corrected chi connectivity index (χ1v) is 12.3. The average molecular weight is 490 g/mol. The van der Waals surface area contributed by atoms with Crippen LogP contribution in [0.4, 0.5) is 5.69 Å². The first kappa shape index (κ1) is 22.1. The van der Waals surface area contributed by atoms with Gasteiger partial charge in [-0.3, -0.25) is 4.79 Å². The molecule has 5 aromatic rings. The summed E-state index contributed by atoms with van der Waals surface area (Å²) < 4.78 is 10.7. The SMILES string of the molecule is CCOC(=O)CSc1nnc(-c2sc3nnc(-c4ccccc4)c(-c4ccccc4)c3c2N)o1. The minimum absolute atomic E-state index is 0.0848. The Labute approximate surface area is 203 Å². The predicted octanol–water partition coefficient (Wildman–Crippen LogP) is 5.31. The van der Waals surface area contributed by atoms with E-state index in [9.17, 15) is 4.79 Å². The number of esters is 1. The van der Waals surface area contributed by atoms with Gasteiger partial charge < -0.3 is 14.9 Å². The molecule has 0 spiro atoms. The molecule has 0 aliphatic carbocycles. The monoisotopic (exact) mass is 489 g/mol. The van der Waals surface area contributed by atoms with Crippen molar-refractivity contribution in [1.82, 2.24) is 20.4 Å². The molecule has 2 N–H and O–H groups in total. The third-order valence-electron chi connectivity index (χ3n) is 4.98. The summed E-state index contributed by atoms with van der Waals surface area (Å²) in [5, 5.41) is 18.3. The van der Waals surface area contributed by atoms with E-state index in [0.29, 0.717) is 22.0 Å². The number of fused-ring (bicyclic) bond motifs is 1. The second kappa shape index (κ2) is 9.62. The highest BCUT2D eigenvalue weighted by Gasteiger charge is 2.24. The molecular weight excluding hydrogens is 470 g/mol. The van der Waals surface area contributed by atoms with E-state index in [1.165, 1.54) is 11.3 Å². The van der Waals surface area contributed by atoms with Crippen molar-refractivity contribution in [1.29, 1.82) is 0 Å². The number of carbonyl (C=O) groups is 1. The number of nitrogen functional groups attached to an aromatic ring is 1. The molecule has 0 radical (unpaired) electrons. The molecule has 0 aliphatic rings. The number of nitrogens with zero attached hydrogens (tertiary/aromatic N) is 4. The van der Waals surface area contributed by atoms with Crippen LogP contribution in [0.5, 0.6) is 0 Å². The van der Waals surface area contributed by atoms with Crippen LogP contribution in [0, 0.1) is 0 Å². The largest absolute Gasteiger partial charge is 0.465 e. The summed E-state index contributed by atoms with van der Waals surface area (Å²) in [6, 6.07) is 19.9. The summed E-state index contributed by atoms with van der Waals surface area (Å²) in [6.07, 6.45) is 0. The lowest BCUT2D eigenvalue weighted by Crippen LogP contribution is -2.06. The van der Waals surface area contributed by atoms with Gasteiger partial charge in [0.25, 0.3) is 11.1 Å². The molecule has 10 heteroatoms. The molecule has 3 heterocycles. The number of benzene rings is 2. The van der Waals surface area contributed by atoms with E-state index < -0.39 is 0 Å². The lowest BCUT2D eigenvalue weighted by molar-refractivity contribution is -0.139. The van der Waals surface area contributed by atoms with Crippen LogP contribution in [0.1, 0.15) is 6.92 Å². The summed E-state index contributed by atoms with van der Waals surface area (Å²) in [4.78, 5) is 12.9. The second-order valence-corrected chi connectivity index (χ2v) is 9.07. The number of rotatable bonds is 7. The number of hydrogen-bond acceptors (Lipinski definition) is 10. The summed E-state index contributed by atoms with van der Waals surface area (Å²) in [5.41, 5.74) is 10.7. The van der Waals surface area contributed by atoms with Gasteiger partial charge in [-0.2, -0.15) is 0 Å². The van der Waals surface area contributed by atoms with Crippen molar-refractivity contribution >= 4 is 45.0 Å². The first-order chi connectivity index (χ1) is 16.7. The number of thiophene rings is 1. The van der Waals surface area contributed by atoms with Gasteiger partial charge in [0.05, 0.1) is 12.3 Å². The second-order valence-electron chi connectivity index (χ2n) is 7.15. The fourth-order valence-electron chi connectivity index (χ4n) is 3.53. The fraction of sp³-hybridized carbons (Fsp3) is 0.125. The zero-order valence-corrected chi connectivity index (χ0v) is 19.7. The number of ether oxygens (including phenoxy) is 1. The van der Waals surface area contributed by atoms with Gasteiger partial charge in [-0.1, -0.05) is 72.4 Å². The van der Waals surface area contributed by atoms with Gasteiger partial charge in [0.1, 0.15) is 21.2 Å². The molecular formula is C24H19N5O3S2. The lowest BCUT2D eigenvalue weighted by Gasteiger charge is -2.10. The van der Waals surface area contributed by atoms with Gasteiger partial charge in [-0.05, 0) is 12.5 Å². The Morgan fingerprint density at radius 1 is 1.00 bits per heavy atom. The number of thioether (sulfide) groups is 1. The van der Waals surface area contributed by atoms with Crippen molar-refractivity contribution in [2.75, 3.05) is 18.1 Å². The maximum atomic E-state index is 11.6. The molecule has 8 nitrogen and oxygen atoms in total. The van der Waals surface area contributed by atoms with Gasteiger partial charge in [0.2, 0.25) is 0 Å². The van der Waals surface area contributed by atoms with Gasteiger partial charge in [-0.25, -0.2) is 0 Å². The van der Waals surface area contributed by atoms with Crippen LogP contribution in [0.2, 0.25) is 0 Å². The van der Waals surface area contributed by atoms with Crippen LogP contribution in [-0.2, 0) is 9.53 Å². The number of aromatic nitrogens is 4. The van der Waals surface area contributed by atoms with E-state index in [4.69, 9.17) is 14.9 Å². The maximum Gasteiger partial charge on any atom is 0.316 e. The number of nitrogens with two attached hydrogens (primary N) is 1. The van der Waals surface area contributed by atoms with Crippen LogP contribution in [0.15, 0.2) is 70.3 Å². The van der Waals surface area contributed by atoms with Gasteiger partial charge >= 0.3 is 5.97 Å². The molecule has 0 fully saturated rings. The molecule has 2 aromatic carbocycles. The Hall–Kier alpha value is -3.76. The molecule has 0 aliphatic heterocycles. The third-order valence-corrected chi connectivity index (χ3v) is 6.85. The molecule has 0 atom stereocenters. The zero-order chi connectivity index (χ0) is 23.5. The maximum absolute atomic E-state index is 11.6. The number of hydrogen-bond donors (Lipinski definition) is 1. The Morgan fingerprint density at radius 3 is 2.41 bits per heavy atom. The summed E-state index contributed by atoms with van der Waals surface area (Å²) in [7, 11) is 0. The molecule has 0 bridgehead atoms. The summed E-state index contributed by atoms with van der Waals surface area (Å²) in [6.45, 7) is 2.08. The average Bonchev–Trinajstić information content (AvgIpc) is 3.48. The van der Waals surface area contributed by atoms with Crippen molar-refractivity contribution in [2.24, 2.45) is 0 Å². The summed E-state index contributed by atoms with van der Waals surface area (Å²) >= 11 is 2.46. The Balaban J connectivity index is 1.61. The number of carbonyl (C=O) groups excluding carboxylic acids is 1. The van der Waals surface area contributed by atoms with Gasteiger partial charge in [-0.15, -0.1) is 31.7 Å². The topological polar surface area (TPSA) is 117 Å². The van der Waals surface area contributed by atoms with Crippen LogP contribution < -0.4 is 5.73 Å². The number of anilines is 1. The van der Waals surface area contributed by atoms with E-state index in [0.717, 1.165) is 39.5 Å². The summed E-state index contributed by atoms with van der Waals surface area (Å²) in [5.74, 6) is 0.0125. The van der Waals surface area contributed by atoms with E-state index >= 15 is 0 Å². The Bertz CT molecular complexity index is 1450. The molecule has 5 rings (SSSR count). The highest BCUT2D eigenvalue weighted by molar-refractivity contribution is 7.99. The molecule has 0 unspecified atom stereocenters. The van der Waals surface area contributed by atoms with E-state index in [-0.39, 0.29) is 22.8 Å². The quantitative estimate of drug-likeness (QED) is 0.240. The van der Waals surface area contributed by atoms with Crippen molar-refractivity contribution in [3.8, 4) is 33.2 Å². The van der Waals surface area contributed by atoms with E-state index in [1.54, 1.807) is 6.92 Å². The van der Waals surface area contributed by atoms with Gasteiger partial charge in [0, 0.05) is 16.5 Å². The first-order valence-electron chi connectivity index (χ1n) is 10.5. The van der Waals surface area contributed by atoms with Crippen LogP contribution in [0.25, 0.3) is 43.4 Å². The highest BCUT2D eigenvalue weighted by Crippen LogP contribution is 2.46. The predicted molar refractivity (Wildman–Crippen MR) is 133 cm³/mol. The molecule has 3 aromatic heterocycles. The lowest BCUT2D eigenvalue weighted by atomic mass is 9.96. The van der Waals surface area contributed by atoms with E-state index in [2.05, 4.69) is 20.4 Å². The fourth-order valence-corrected chi connectivity index (χ4v) is 5.07. The molecule has 0 amide bonds. The van der Waals surface area contributed by atoms with Crippen LogP contribution in [0.3, 0.4) is 0 Å². The normalized spacial score (nSPS) is 11.1. The minimum Gasteiger partial charge on any atom is -0.465 e. The van der Waals surface area contributed by atoms with Crippen molar-refractivity contribution in [2.45, 2.75) is 12.1 Å². The molecule has 34 heavy (non-hydrogen) atoms. The van der Waals surface area contributed by atoms with Crippen molar-refractivity contribution in [3.05, 3.63) is 60.7 Å². The minimum atomic E-state index is -0.343. The zero-order valence-electron chi connectivity index (χ0n) is 18.1. The Kier molecular flexibility index (Phi) is 6.24.